The number of hydrogen-bond acceptors (Lipinski definition) is 7. The van der Waals surface area contributed by atoms with Gasteiger partial charge in [0, 0.05) is 12.8 Å². The van der Waals surface area contributed by atoms with Crippen molar-refractivity contribution in [3.8, 4) is 0 Å². The Labute approximate surface area is 266 Å². The predicted octanol–water partition coefficient (Wildman–Crippen LogP) is 10.6. The summed E-state index contributed by atoms with van der Waals surface area (Å²) in [7, 11) is 0. The van der Waals surface area contributed by atoms with Gasteiger partial charge in [0.15, 0.2) is 11.5 Å². The van der Waals surface area contributed by atoms with Crippen LogP contribution < -0.4 is 0 Å². The van der Waals surface area contributed by atoms with Gasteiger partial charge < -0.3 is 33.2 Å². The van der Waals surface area contributed by atoms with Gasteiger partial charge >= 0.3 is 0 Å². The molecule has 0 radical (unpaired) electrons. The van der Waals surface area contributed by atoms with E-state index >= 15 is 0 Å². The second-order valence-corrected chi connectivity index (χ2v) is 11.3. The molecule has 43 heavy (non-hydrogen) atoms. The van der Waals surface area contributed by atoms with Crippen molar-refractivity contribution < 1.29 is 33.2 Å². The fraction of sp³-hybridized carbons (Fsp3) is 0.889. The van der Waals surface area contributed by atoms with Gasteiger partial charge in [-0.1, -0.05) is 106 Å². The Morgan fingerprint density at radius 2 is 0.651 bits per heavy atom. The van der Waals surface area contributed by atoms with E-state index in [9.17, 15) is 0 Å². The van der Waals surface area contributed by atoms with Gasteiger partial charge in [-0.05, 0) is 38.5 Å². The summed E-state index contributed by atoms with van der Waals surface area (Å²) in [6.07, 6.45) is 20.5. The lowest BCUT2D eigenvalue weighted by atomic mass is 10.1. The van der Waals surface area contributed by atoms with E-state index in [1.54, 1.807) is 0 Å². The van der Waals surface area contributed by atoms with Gasteiger partial charge in [-0.15, -0.1) is 0 Å². The number of ether oxygens (including phenoxy) is 7. The third kappa shape index (κ3) is 25.6. The van der Waals surface area contributed by atoms with Crippen LogP contribution in [-0.2, 0) is 33.2 Å². The molecular weight excluding hydrogens is 544 g/mol. The summed E-state index contributed by atoms with van der Waals surface area (Å²) in [6.45, 7) is 16.5. The first kappa shape index (κ1) is 41.6. The molecule has 0 rings (SSSR count). The highest BCUT2D eigenvalue weighted by atomic mass is 16.7. The Balaban J connectivity index is 4.88. The molecule has 0 aromatic heterocycles. The lowest BCUT2D eigenvalue weighted by molar-refractivity contribution is -0.132. The minimum atomic E-state index is 0.114. The van der Waals surface area contributed by atoms with Crippen molar-refractivity contribution in [3.63, 3.8) is 0 Å². The van der Waals surface area contributed by atoms with Crippen LogP contribution in [-0.4, -0.2) is 53.2 Å². The molecule has 0 atom stereocenters. The van der Waals surface area contributed by atoms with Crippen LogP contribution in [0.15, 0.2) is 23.0 Å². The zero-order chi connectivity index (χ0) is 31.6. The van der Waals surface area contributed by atoms with Gasteiger partial charge in [0.25, 0.3) is 0 Å². The molecular formula is C36H70O7. The molecule has 7 heteroatoms. The van der Waals surface area contributed by atoms with E-state index < -0.39 is 0 Å². The average Bonchev–Trinajstić information content (AvgIpc) is 3.02. The van der Waals surface area contributed by atoms with Crippen LogP contribution in [0.25, 0.3) is 0 Å². The minimum absolute atomic E-state index is 0.114. The number of hydrogen-bond donors (Lipinski definition) is 0. The Morgan fingerprint density at radius 3 is 1.00 bits per heavy atom. The zero-order valence-corrected chi connectivity index (χ0v) is 29.2. The van der Waals surface area contributed by atoms with Crippen LogP contribution in [0.2, 0.25) is 0 Å². The first-order valence-corrected chi connectivity index (χ1v) is 17.9. The van der Waals surface area contributed by atoms with Gasteiger partial charge in [-0.3, -0.25) is 0 Å². The second-order valence-electron chi connectivity index (χ2n) is 11.3. The summed E-state index contributed by atoms with van der Waals surface area (Å²) >= 11 is 0. The van der Waals surface area contributed by atoms with Crippen LogP contribution in [0.3, 0.4) is 0 Å². The van der Waals surface area contributed by atoms with Crippen molar-refractivity contribution in [2.24, 2.45) is 0 Å². The van der Waals surface area contributed by atoms with Crippen molar-refractivity contribution in [1.82, 2.24) is 0 Å². The molecule has 0 aliphatic heterocycles. The number of rotatable bonds is 34. The minimum Gasteiger partial charge on any atom is -0.494 e. The average molecular weight is 615 g/mol. The van der Waals surface area contributed by atoms with E-state index in [2.05, 4.69) is 41.5 Å². The van der Waals surface area contributed by atoms with E-state index in [0.29, 0.717) is 39.6 Å². The van der Waals surface area contributed by atoms with Crippen molar-refractivity contribution in [1.29, 1.82) is 0 Å². The molecule has 0 bridgehead atoms. The first-order chi connectivity index (χ1) is 21.2. The lowest BCUT2D eigenvalue weighted by Gasteiger charge is -2.18. The standard InChI is InChI=1S/C36H70O7/c1-7-13-15-17-19-21-23-33(40-25-9-3)35(42-27-11-5)29-37-31-39-32-38-30-36(43-28-12-6)34(41-26-10-4)24-22-20-18-16-14-8-2/h7-32H2,1-6H3. The van der Waals surface area contributed by atoms with Crippen LogP contribution in [0.1, 0.15) is 157 Å². The Kier molecular flexibility index (Phi) is 32.3. The molecule has 0 saturated carbocycles. The summed E-state index contributed by atoms with van der Waals surface area (Å²) in [5, 5.41) is 0. The third-order valence-electron chi connectivity index (χ3n) is 6.86. The molecule has 0 aliphatic carbocycles. The summed E-state index contributed by atoms with van der Waals surface area (Å²) in [5.74, 6) is 3.43. The predicted molar refractivity (Wildman–Crippen MR) is 178 cm³/mol. The SMILES string of the molecule is CCCCCCCCC(OCCC)=C(COCOCOCC(OCCC)=C(CCCCCCCC)OCCC)OCCC. The fourth-order valence-electron chi connectivity index (χ4n) is 4.44. The molecule has 0 aromatic rings. The van der Waals surface area contributed by atoms with Crippen molar-refractivity contribution in [2.45, 2.75) is 157 Å². The number of unbranched alkanes of at least 4 members (excludes halogenated alkanes) is 10. The highest BCUT2D eigenvalue weighted by Crippen LogP contribution is 2.20. The van der Waals surface area contributed by atoms with Crippen LogP contribution in [0.4, 0.5) is 0 Å². The van der Waals surface area contributed by atoms with E-state index in [1.165, 1.54) is 64.2 Å². The monoisotopic (exact) mass is 615 g/mol. The van der Waals surface area contributed by atoms with Crippen molar-refractivity contribution >= 4 is 0 Å². The van der Waals surface area contributed by atoms with E-state index in [1.807, 2.05) is 0 Å². The smallest absolute Gasteiger partial charge is 0.159 e. The normalized spacial score (nSPS) is 12.6. The van der Waals surface area contributed by atoms with Gasteiger partial charge in [0.05, 0.1) is 26.4 Å². The molecule has 0 amide bonds. The Hall–Kier alpha value is -1.44. The molecule has 0 saturated heterocycles. The van der Waals surface area contributed by atoms with Gasteiger partial charge in [0.1, 0.15) is 38.3 Å². The molecule has 0 heterocycles. The maximum atomic E-state index is 6.11. The largest absolute Gasteiger partial charge is 0.494 e. The maximum Gasteiger partial charge on any atom is 0.159 e. The first-order valence-electron chi connectivity index (χ1n) is 17.9. The Bertz CT molecular complexity index is 594. The van der Waals surface area contributed by atoms with Gasteiger partial charge in [-0.2, -0.15) is 0 Å². The summed E-state index contributed by atoms with van der Waals surface area (Å²) in [5.41, 5.74) is 0. The fourth-order valence-corrected chi connectivity index (χ4v) is 4.44. The summed E-state index contributed by atoms with van der Waals surface area (Å²) in [4.78, 5) is 0. The molecule has 256 valence electrons. The zero-order valence-electron chi connectivity index (χ0n) is 29.2. The van der Waals surface area contributed by atoms with Crippen LogP contribution in [0, 0.1) is 0 Å². The van der Waals surface area contributed by atoms with Crippen LogP contribution >= 0.6 is 0 Å². The summed E-state index contributed by atoms with van der Waals surface area (Å²) in [6, 6.07) is 0. The maximum absolute atomic E-state index is 6.11. The topological polar surface area (TPSA) is 64.6 Å². The van der Waals surface area contributed by atoms with E-state index in [0.717, 1.165) is 74.4 Å². The molecule has 0 fully saturated rings. The molecule has 0 aromatic carbocycles. The number of allylic oxidation sites excluding steroid dienone is 2. The third-order valence-corrected chi connectivity index (χ3v) is 6.86. The van der Waals surface area contributed by atoms with E-state index in [4.69, 9.17) is 33.2 Å². The molecule has 0 aliphatic rings. The van der Waals surface area contributed by atoms with Crippen molar-refractivity contribution in [3.05, 3.63) is 23.0 Å². The van der Waals surface area contributed by atoms with E-state index in [-0.39, 0.29) is 13.6 Å². The second kappa shape index (κ2) is 33.5. The molecule has 0 N–H and O–H groups in total. The highest BCUT2D eigenvalue weighted by Gasteiger charge is 2.13. The highest BCUT2D eigenvalue weighted by molar-refractivity contribution is 5.03. The molecule has 0 unspecified atom stereocenters. The quantitative estimate of drug-likeness (QED) is 0.0406. The molecule has 7 nitrogen and oxygen atoms in total. The van der Waals surface area contributed by atoms with Gasteiger partial charge in [-0.25, -0.2) is 0 Å². The summed E-state index contributed by atoms with van der Waals surface area (Å²) < 4.78 is 41.7. The van der Waals surface area contributed by atoms with Crippen LogP contribution in [0.5, 0.6) is 0 Å². The Morgan fingerprint density at radius 1 is 0.326 bits per heavy atom. The lowest BCUT2D eigenvalue weighted by Crippen LogP contribution is -2.14. The van der Waals surface area contributed by atoms with Gasteiger partial charge in [0.2, 0.25) is 0 Å². The molecule has 0 spiro atoms. The van der Waals surface area contributed by atoms with Crippen molar-refractivity contribution in [2.75, 3.05) is 53.2 Å².